The van der Waals surface area contributed by atoms with Gasteiger partial charge in [-0.05, 0) is 35.6 Å². The fourth-order valence-corrected chi connectivity index (χ4v) is 7.74. The van der Waals surface area contributed by atoms with Crippen LogP contribution in [0.1, 0.15) is 54.4 Å². The van der Waals surface area contributed by atoms with Crippen LogP contribution in [-0.2, 0) is 42.9 Å². The molecule has 1 N–H and O–H groups in total. The third-order valence-electron chi connectivity index (χ3n) is 9.68. The third-order valence-corrected chi connectivity index (χ3v) is 9.68. The highest BCUT2D eigenvalue weighted by molar-refractivity contribution is 5.96. The molecule has 0 aromatic rings. The Hall–Kier alpha value is -3.53. The number of allylic oxidation sites excluding steroid dienone is 3. The maximum Gasteiger partial charge on any atom is 0.336 e. The van der Waals surface area contributed by atoms with Crippen molar-refractivity contribution >= 4 is 29.7 Å². The minimum absolute atomic E-state index is 0.0968. The molecular formula is C31H38O10. The van der Waals surface area contributed by atoms with E-state index in [4.69, 9.17) is 18.9 Å². The number of hydrogen-bond acceptors (Lipinski definition) is 10. The fourth-order valence-electron chi connectivity index (χ4n) is 7.74. The van der Waals surface area contributed by atoms with Crippen LogP contribution in [0.3, 0.4) is 0 Å². The molecule has 1 heterocycles. The molecule has 4 aliphatic rings. The molecule has 4 rings (SSSR count). The first-order valence-electron chi connectivity index (χ1n) is 13.7. The maximum atomic E-state index is 13.1. The van der Waals surface area contributed by atoms with E-state index in [2.05, 4.69) is 6.58 Å². The van der Waals surface area contributed by atoms with Crippen LogP contribution >= 0.6 is 0 Å². The van der Waals surface area contributed by atoms with E-state index >= 15 is 0 Å². The van der Waals surface area contributed by atoms with Gasteiger partial charge in [-0.3, -0.25) is 19.2 Å². The van der Waals surface area contributed by atoms with Crippen molar-refractivity contribution in [3.8, 4) is 0 Å². The van der Waals surface area contributed by atoms with Crippen molar-refractivity contribution in [3.63, 3.8) is 0 Å². The zero-order chi connectivity index (χ0) is 30.7. The van der Waals surface area contributed by atoms with Crippen LogP contribution in [0.4, 0.5) is 0 Å². The summed E-state index contributed by atoms with van der Waals surface area (Å²) in [7, 11) is 1.28. The molecule has 0 radical (unpaired) electrons. The molecule has 0 aromatic heterocycles. The van der Waals surface area contributed by atoms with Gasteiger partial charge in [0.1, 0.15) is 12.2 Å². The summed E-state index contributed by atoms with van der Waals surface area (Å²) in [5.74, 6) is -4.54. The number of rotatable bonds is 6. The SMILES string of the molecule is C=C1C2=CC[C@@H](C3=C[C@@H](O)OC3=O)[C@]2(C)[C@@H](OC(C)=O)[C@H](OC(C)=O)[C@@H]1[C@@]1(C)C=CC(=O)C(C)(C)[C@@H]1CC(=O)OC. The summed E-state index contributed by atoms with van der Waals surface area (Å²) >= 11 is 0. The summed E-state index contributed by atoms with van der Waals surface area (Å²) in [6, 6.07) is 0. The Labute approximate surface area is 239 Å². The molecule has 41 heavy (non-hydrogen) atoms. The normalized spacial score (nSPS) is 37.5. The van der Waals surface area contributed by atoms with Crippen molar-refractivity contribution in [2.45, 2.75) is 72.9 Å². The van der Waals surface area contributed by atoms with Crippen molar-refractivity contribution in [1.82, 2.24) is 0 Å². The Bertz CT molecular complexity index is 1300. The third kappa shape index (κ3) is 4.75. The van der Waals surface area contributed by atoms with Crippen LogP contribution in [0.15, 0.2) is 47.6 Å². The standard InChI is InChI=1S/C31H38O10/c1-15-19-9-10-20(18-13-24(36)41-28(18)37)31(19,7)27(40-17(3)33)26(39-16(2)32)25(15)30(6)12-11-22(34)29(4,5)21(30)14-23(35)38-8/h9,11-13,20-21,24-27,36H,1,10,14H2,2-8H3/t20-,21-,24-,25+,26+,27-,30-,31+/m0/s1. The van der Waals surface area contributed by atoms with E-state index in [1.54, 1.807) is 19.9 Å². The number of carbonyl (C=O) groups excluding carboxylic acids is 5. The number of aliphatic hydroxyl groups is 1. The number of fused-ring (bicyclic) bond motifs is 1. The molecule has 0 bridgehead atoms. The minimum Gasteiger partial charge on any atom is -0.469 e. The Morgan fingerprint density at radius 1 is 1.10 bits per heavy atom. The summed E-state index contributed by atoms with van der Waals surface area (Å²) in [5, 5.41) is 10.0. The molecule has 0 amide bonds. The summed E-state index contributed by atoms with van der Waals surface area (Å²) in [5.41, 5.74) is -1.58. The number of ketones is 1. The van der Waals surface area contributed by atoms with E-state index in [1.807, 2.05) is 19.9 Å². The van der Waals surface area contributed by atoms with E-state index in [1.165, 1.54) is 33.1 Å². The van der Waals surface area contributed by atoms with E-state index in [0.717, 1.165) is 0 Å². The second-order valence-corrected chi connectivity index (χ2v) is 12.3. The molecule has 8 atom stereocenters. The second kappa shape index (κ2) is 10.4. The number of ether oxygens (including phenoxy) is 4. The number of aliphatic hydroxyl groups excluding tert-OH is 1. The first kappa shape index (κ1) is 30.4. The van der Waals surface area contributed by atoms with Gasteiger partial charge in [-0.15, -0.1) is 0 Å². The maximum absolute atomic E-state index is 13.1. The van der Waals surface area contributed by atoms with E-state index < -0.39 is 76.4 Å². The summed E-state index contributed by atoms with van der Waals surface area (Å²) in [6.07, 6.45) is 3.12. The molecule has 10 heteroatoms. The lowest BCUT2D eigenvalue weighted by Crippen LogP contribution is -2.62. The molecule has 1 saturated carbocycles. The summed E-state index contributed by atoms with van der Waals surface area (Å²) < 4.78 is 21.9. The van der Waals surface area contributed by atoms with E-state index in [9.17, 15) is 29.1 Å². The number of methoxy groups -OCH3 is 1. The number of carbonyl (C=O) groups is 5. The summed E-state index contributed by atoms with van der Waals surface area (Å²) in [4.78, 5) is 63.7. The molecule has 222 valence electrons. The van der Waals surface area contributed by atoms with Crippen molar-refractivity contribution < 1.29 is 48.0 Å². The quantitative estimate of drug-likeness (QED) is 0.374. The van der Waals surface area contributed by atoms with E-state index in [-0.39, 0.29) is 17.8 Å². The number of cyclic esters (lactones) is 1. The van der Waals surface area contributed by atoms with Gasteiger partial charge in [-0.25, -0.2) is 4.79 Å². The van der Waals surface area contributed by atoms with Gasteiger partial charge in [0.15, 0.2) is 5.78 Å². The summed E-state index contributed by atoms with van der Waals surface area (Å²) in [6.45, 7) is 14.2. The first-order valence-corrected chi connectivity index (χ1v) is 13.7. The fraction of sp³-hybridized carbons (Fsp3) is 0.581. The predicted molar refractivity (Wildman–Crippen MR) is 144 cm³/mol. The molecule has 0 spiro atoms. The number of esters is 4. The van der Waals surface area contributed by atoms with Gasteiger partial charge < -0.3 is 24.1 Å². The Morgan fingerprint density at radius 2 is 1.73 bits per heavy atom. The lowest BCUT2D eigenvalue weighted by atomic mass is 9.47. The highest BCUT2D eigenvalue weighted by Crippen LogP contribution is 2.65. The molecule has 0 aromatic carbocycles. The average Bonchev–Trinajstić information content (AvgIpc) is 3.39. The topological polar surface area (TPSA) is 142 Å². The van der Waals surface area contributed by atoms with Crippen molar-refractivity contribution in [2.24, 2.45) is 34.0 Å². The molecule has 0 saturated heterocycles. The molecular weight excluding hydrogens is 532 g/mol. The van der Waals surface area contributed by atoms with Gasteiger partial charge in [-0.1, -0.05) is 46.4 Å². The molecule has 1 fully saturated rings. The second-order valence-electron chi connectivity index (χ2n) is 12.3. The van der Waals surface area contributed by atoms with E-state index in [0.29, 0.717) is 17.6 Å². The van der Waals surface area contributed by atoms with Gasteiger partial charge in [0.25, 0.3) is 0 Å². The number of hydrogen-bond donors (Lipinski definition) is 1. The predicted octanol–water partition coefficient (Wildman–Crippen LogP) is 3.14. The monoisotopic (exact) mass is 570 g/mol. The van der Waals surface area contributed by atoms with Crippen LogP contribution in [-0.4, -0.2) is 60.4 Å². The van der Waals surface area contributed by atoms with Crippen molar-refractivity contribution in [2.75, 3.05) is 7.11 Å². The van der Waals surface area contributed by atoms with Gasteiger partial charge in [0.05, 0.1) is 13.5 Å². The minimum atomic E-state index is -1.40. The van der Waals surface area contributed by atoms with Gasteiger partial charge in [0.2, 0.25) is 6.29 Å². The van der Waals surface area contributed by atoms with Crippen LogP contribution < -0.4 is 0 Å². The smallest absolute Gasteiger partial charge is 0.336 e. The zero-order valence-corrected chi connectivity index (χ0v) is 24.5. The van der Waals surface area contributed by atoms with Gasteiger partial charge >= 0.3 is 23.9 Å². The van der Waals surface area contributed by atoms with Crippen molar-refractivity contribution in [3.05, 3.63) is 47.6 Å². The zero-order valence-electron chi connectivity index (χ0n) is 24.5. The lowest BCUT2D eigenvalue weighted by Gasteiger charge is -2.58. The average molecular weight is 571 g/mol. The van der Waals surface area contributed by atoms with Crippen LogP contribution in [0.5, 0.6) is 0 Å². The van der Waals surface area contributed by atoms with Crippen LogP contribution in [0.25, 0.3) is 0 Å². The van der Waals surface area contributed by atoms with Gasteiger partial charge in [0, 0.05) is 47.5 Å². The first-order chi connectivity index (χ1) is 19.0. The van der Waals surface area contributed by atoms with Gasteiger partial charge in [-0.2, -0.15) is 0 Å². The van der Waals surface area contributed by atoms with Crippen LogP contribution in [0.2, 0.25) is 0 Å². The Balaban J connectivity index is 1.94. The highest BCUT2D eigenvalue weighted by Gasteiger charge is 2.66. The molecule has 0 unspecified atom stereocenters. The lowest BCUT2D eigenvalue weighted by molar-refractivity contribution is -0.192. The largest absolute Gasteiger partial charge is 0.469 e. The highest BCUT2D eigenvalue weighted by atomic mass is 16.6. The molecule has 10 nitrogen and oxygen atoms in total. The Morgan fingerprint density at radius 3 is 2.27 bits per heavy atom. The van der Waals surface area contributed by atoms with Crippen LogP contribution in [0, 0.1) is 34.0 Å². The van der Waals surface area contributed by atoms with Crippen molar-refractivity contribution in [1.29, 1.82) is 0 Å². The Kier molecular flexibility index (Phi) is 7.71. The molecule has 3 aliphatic carbocycles. The molecule has 1 aliphatic heterocycles.